The molecule has 0 spiro atoms. The predicted octanol–water partition coefficient (Wildman–Crippen LogP) is 3.62. The zero-order valence-electron chi connectivity index (χ0n) is 16.1. The molecule has 2 N–H and O–H groups in total. The Hall–Kier alpha value is -2.60. The van der Waals surface area contributed by atoms with E-state index in [1.54, 1.807) is 21.3 Å². The van der Waals surface area contributed by atoms with E-state index in [2.05, 4.69) is 15.6 Å². The highest BCUT2D eigenvalue weighted by atomic mass is 35.5. The molecule has 0 saturated heterocycles. The summed E-state index contributed by atoms with van der Waals surface area (Å²) in [6, 6.07) is 11.4. The van der Waals surface area contributed by atoms with Crippen molar-refractivity contribution in [2.75, 3.05) is 27.9 Å². The van der Waals surface area contributed by atoms with Gasteiger partial charge in [0.1, 0.15) is 5.75 Å². The van der Waals surface area contributed by atoms with E-state index in [9.17, 15) is 0 Å². The Morgan fingerprint density at radius 2 is 1.70 bits per heavy atom. The van der Waals surface area contributed by atoms with E-state index in [1.165, 1.54) is 0 Å². The predicted molar refractivity (Wildman–Crippen MR) is 109 cm³/mol. The Morgan fingerprint density at radius 1 is 0.963 bits per heavy atom. The normalized spacial score (nSPS) is 11.1. The van der Waals surface area contributed by atoms with Crippen molar-refractivity contribution in [1.29, 1.82) is 0 Å². The molecule has 0 fully saturated rings. The first-order chi connectivity index (χ1) is 13.1. The summed E-state index contributed by atoms with van der Waals surface area (Å²) in [5, 5.41) is 7.22. The second-order valence-electron chi connectivity index (χ2n) is 5.65. The van der Waals surface area contributed by atoms with Gasteiger partial charge in [-0.2, -0.15) is 0 Å². The summed E-state index contributed by atoms with van der Waals surface area (Å²) in [5.74, 6) is 2.85. The first-order valence-electron chi connectivity index (χ1n) is 8.67. The smallest absolute Gasteiger partial charge is 0.191 e. The van der Waals surface area contributed by atoms with Gasteiger partial charge >= 0.3 is 0 Å². The molecule has 0 unspecified atom stereocenters. The number of guanidine groups is 1. The molecule has 0 aromatic heterocycles. The number of hydrogen-bond donors (Lipinski definition) is 2. The van der Waals surface area contributed by atoms with Crippen molar-refractivity contribution in [3.63, 3.8) is 0 Å². The SMILES string of the molecule is CCOc1cc(Cl)ccc1CNC(=NC)NCc1ccc(OC)c(OC)c1. The molecular formula is C20H26ClN3O3. The van der Waals surface area contributed by atoms with Crippen LogP contribution in [0.5, 0.6) is 17.2 Å². The number of methoxy groups -OCH3 is 2. The lowest BCUT2D eigenvalue weighted by Gasteiger charge is -2.15. The largest absolute Gasteiger partial charge is 0.493 e. The minimum atomic E-state index is 0.568. The number of hydrogen-bond acceptors (Lipinski definition) is 4. The van der Waals surface area contributed by atoms with E-state index in [1.807, 2.05) is 43.3 Å². The van der Waals surface area contributed by atoms with Gasteiger partial charge in [-0.25, -0.2) is 0 Å². The van der Waals surface area contributed by atoms with Crippen molar-refractivity contribution < 1.29 is 14.2 Å². The van der Waals surface area contributed by atoms with Crippen molar-refractivity contribution >= 4 is 17.6 Å². The monoisotopic (exact) mass is 391 g/mol. The molecule has 6 nitrogen and oxygen atoms in total. The fourth-order valence-corrected chi connectivity index (χ4v) is 2.70. The molecule has 27 heavy (non-hydrogen) atoms. The molecule has 7 heteroatoms. The van der Waals surface area contributed by atoms with E-state index in [4.69, 9.17) is 25.8 Å². The highest BCUT2D eigenvalue weighted by Crippen LogP contribution is 2.27. The maximum atomic E-state index is 6.05. The van der Waals surface area contributed by atoms with E-state index in [0.717, 1.165) is 16.9 Å². The minimum Gasteiger partial charge on any atom is -0.493 e. The minimum absolute atomic E-state index is 0.568. The third-order valence-corrected chi connectivity index (χ3v) is 4.14. The molecule has 0 aliphatic heterocycles. The lowest BCUT2D eigenvalue weighted by molar-refractivity contribution is 0.336. The number of aliphatic imine (C=N–C) groups is 1. The zero-order chi connectivity index (χ0) is 19.6. The highest BCUT2D eigenvalue weighted by molar-refractivity contribution is 6.30. The maximum absolute atomic E-state index is 6.05. The van der Waals surface area contributed by atoms with Crippen LogP contribution < -0.4 is 24.8 Å². The van der Waals surface area contributed by atoms with Crippen LogP contribution in [0.15, 0.2) is 41.4 Å². The van der Waals surface area contributed by atoms with Gasteiger partial charge in [0.2, 0.25) is 0 Å². The Balaban J connectivity index is 1.97. The summed E-state index contributed by atoms with van der Waals surface area (Å²) in [5.41, 5.74) is 2.06. The first kappa shape index (κ1) is 20.7. The number of rotatable bonds is 8. The Morgan fingerprint density at radius 3 is 2.37 bits per heavy atom. The summed E-state index contributed by atoms with van der Waals surface area (Å²) in [6.07, 6.45) is 0. The molecule has 0 radical (unpaired) electrons. The summed E-state index contributed by atoms with van der Waals surface area (Å²) in [4.78, 5) is 4.26. The first-order valence-corrected chi connectivity index (χ1v) is 9.05. The van der Waals surface area contributed by atoms with Gasteiger partial charge in [-0.3, -0.25) is 4.99 Å². The average Bonchev–Trinajstić information content (AvgIpc) is 2.69. The highest BCUT2D eigenvalue weighted by Gasteiger charge is 2.08. The van der Waals surface area contributed by atoms with E-state index < -0.39 is 0 Å². The van der Waals surface area contributed by atoms with Gasteiger partial charge in [-0.05, 0) is 36.8 Å². The molecule has 2 aromatic rings. The van der Waals surface area contributed by atoms with Crippen molar-refractivity contribution in [2.45, 2.75) is 20.0 Å². The topological polar surface area (TPSA) is 64.1 Å². The van der Waals surface area contributed by atoms with Gasteiger partial charge in [-0.15, -0.1) is 0 Å². The number of halogens is 1. The van der Waals surface area contributed by atoms with Gasteiger partial charge in [-0.1, -0.05) is 23.7 Å². The van der Waals surface area contributed by atoms with Gasteiger partial charge in [0.15, 0.2) is 17.5 Å². The van der Waals surface area contributed by atoms with Crippen LogP contribution in [0.2, 0.25) is 5.02 Å². The standard InChI is InChI=1S/C20H26ClN3O3/c1-5-27-18-11-16(21)8-7-15(18)13-24-20(22-2)23-12-14-6-9-17(25-3)19(10-14)26-4/h6-11H,5,12-13H2,1-4H3,(H2,22,23,24). The Kier molecular flexibility index (Phi) is 8.07. The molecule has 2 aromatic carbocycles. The number of ether oxygens (including phenoxy) is 3. The van der Waals surface area contributed by atoms with Crippen molar-refractivity contribution in [1.82, 2.24) is 10.6 Å². The summed E-state index contributed by atoms with van der Waals surface area (Å²) < 4.78 is 16.2. The van der Waals surface area contributed by atoms with E-state index >= 15 is 0 Å². The fourth-order valence-electron chi connectivity index (χ4n) is 2.54. The molecule has 0 saturated carbocycles. The van der Waals surface area contributed by atoms with Crippen LogP contribution >= 0.6 is 11.6 Å². The van der Waals surface area contributed by atoms with Crippen molar-refractivity contribution in [3.05, 3.63) is 52.5 Å². The van der Waals surface area contributed by atoms with Crippen LogP contribution in [-0.2, 0) is 13.1 Å². The molecule has 0 bridgehead atoms. The second-order valence-corrected chi connectivity index (χ2v) is 6.09. The molecule has 0 amide bonds. The average molecular weight is 392 g/mol. The van der Waals surface area contributed by atoms with Gasteiger partial charge < -0.3 is 24.8 Å². The van der Waals surface area contributed by atoms with E-state index in [0.29, 0.717) is 42.2 Å². The summed E-state index contributed by atoms with van der Waals surface area (Å²) in [7, 11) is 4.97. The molecule has 2 rings (SSSR count). The fraction of sp³-hybridized carbons (Fsp3) is 0.350. The van der Waals surface area contributed by atoms with Crippen molar-refractivity contribution in [3.8, 4) is 17.2 Å². The third-order valence-electron chi connectivity index (χ3n) is 3.91. The quantitative estimate of drug-likeness (QED) is 0.531. The molecular weight excluding hydrogens is 366 g/mol. The van der Waals surface area contributed by atoms with Crippen LogP contribution in [0.1, 0.15) is 18.1 Å². The number of nitrogens with one attached hydrogen (secondary N) is 2. The van der Waals surface area contributed by atoms with Crippen LogP contribution in [0, 0.1) is 0 Å². The second kappa shape index (κ2) is 10.5. The number of benzene rings is 2. The van der Waals surface area contributed by atoms with Gasteiger partial charge in [0.25, 0.3) is 0 Å². The van der Waals surface area contributed by atoms with Gasteiger partial charge in [0, 0.05) is 30.7 Å². The lowest BCUT2D eigenvalue weighted by atomic mass is 10.2. The summed E-state index contributed by atoms with van der Waals surface area (Å²) in [6.45, 7) is 3.69. The molecule has 0 aliphatic rings. The van der Waals surface area contributed by atoms with Crippen LogP contribution in [0.3, 0.4) is 0 Å². The zero-order valence-corrected chi connectivity index (χ0v) is 16.9. The van der Waals surface area contributed by atoms with Crippen molar-refractivity contribution in [2.24, 2.45) is 4.99 Å². The molecule has 0 atom stereocenters. The molecule has 0 aliphatic carbocycles. The Bertz CT molecular complexity index is 781. The molecule has 0 heterocycles. The van der Waals surface area contributed by atoms with Crippen LogP contribution in [0.4, 0.5) is 0 Å². The van der Waals surface area contributed by atoms with Gasteiger partial charge in [0.05, 0.1) is 20.8 Å². The molecule has 146 valence electrons. The van der Waals surface area contributed by atoms with Crippen LogP contribution in [-0.4, -0.2) is 33.8 Å². The lowest BCUT2D eigenvalue weighted by Crippen LogP contribution is -2.36. The van der Waals surface area contributed by atoms with E-state index in [-0.39, 0.29) is 0 Å². The van der Waals surface area contributed by atoms with Crippen LogP contribution in [0.25, 0.3) is 0 Å². The maximum Gasteiger partial charge on any atom is 0.191 e. The Labute approximate surface area is 165 Å². The third kappa shape index (κ3) is 5.96. The summed E-state index contributed by atoms with van der Waals surface area (Å²) >= 11 is 6.05. The number of nitrogens with zero attached hydrogens (tertiary/aromatic N) is 1.